The lowest BCUT2D eigenvalue weighted by Gasteiger charge is -2.44. The Balaban J connectivity index is 0.000000255. The highest BCUT2D eigenvalue weighted by Crippen LogP contribution is 2.46. The number of aryl methyl sites for hydroxylation is 1. The van der Waals surface area contributed by atoms with Gasteiger partial charge in [0.25, 0.3) is 0 Å². The van der Waals surface area contributed by atoms with Crippen molar-refractivity contribution in [2.75, 3.05) is 13.7 Å². The largest absolute Gasteiger partial charge is 0.480 e. The maximum absolute atomic E-state index is 10.9. The van der Waals surface area contributed by atoms with Crippen molar-refractivity contribution in [2.24, 2.45) is 29.6 Å². The SMILES string of the molecule is CC(=O)N[C@@H](Cc1ccc(C)cc1)C(=O)O.CC1CC[C@H]2CCC[C@@H]([C@@H](C)C(O)C3CCC3)C2CO1.COO. The minimum Gasteiger partial charge on any atom is -0.480 e. The van der Waals surface area contributed by atoms with Crippen molar-refractivity contribution in [1.82, 2.24) is 5.32 Å². The number of carbonyl (C=O) groups excluding carboxylic acids is 1. The van der Waals surface area contributed by atoms with Crippen LogP contribution in [-0.2, 0) is 25.6 Å². The van der Waals surface area contributed by atoms with Crippen LogP contribution >= 0.6 is 0 Å². The normalized spacial score (nSPS) is 26.9. The molecule has 1 aromatic carbocycles. The first-order chi connectivity index (χ1) is 18.6. The van der Waals surface area contributed by atoms with E-state index in [-0.39, 0.29) is 12.0 Å². The highest BCUT2D eigenvalue weighted by molar-refractivity contribution is 5.82. The van der Waals surface area contributed by atoms with Crippen LogP contribution in [0, 0.1) is 36.5 Å². The van der Waals surface area contributed by atoms with Crippen molar-refractivity contribution in [2.45, 2.75) is 104 Å². The van der Waals surface area contributed by atoms with Gasteiger partial charge in [0, 0.05) is 13.3 Å². The quantitative estimate of drug-likeness (QED) is 0.270. The molecule has 4 rings (SSSR count). The van der Waals surface area contributed by atoms with Crippen molar-refractivity contribution in [3.63, 3.8) is 0 Å². The standard InChI is InChI=1S/C18H32O2.C12H15NO3.CH4O2/c1-12-9-10-14-5-4-8-16(17(14)11-20-12)13(2)18(19)15-6-3-7-15;1-8-3-5-10(6-4-8)7-11(12(15)16)13-9(2)14;1-3-2/h12-19H,3-11H2,1-2H3;3-6,11H,7H2,1-2H3,(H,13,14)(H,15,16);2H,1H3/t12?,13-,14-,16+,17?,18?;11-;/m10./s1. The fourth-order valence-corrected chi connectivity index (χ4v) is 6.34. The monoisotopic (exact) mass is 549 g/mol. The smallest absolute Gasteiger partial charge is 0.326 e. The molecule has 1 amide bonds. The second-order valence-corrected chi connectivity index (χ2v) is 11.7. The molecule has 1 aromatic rings. The average Bonchev–Trinajstić information content (AvgIpc) is 3.05. The molecular formula is C31H51NO7. The van der Waals surface area contributed by atoms with E-state index >= 15 is 0 Å². The van der Waals surface area contributed by atoms with Crippen LogP contribution in [0.15, 0.2) is 24.3 Å². The van der Waals surface area contributed by atoms with E-state index < -0.39 is 12.0 Å². The number of nitrogens with one attached hydrogen (secondary N) is 1. The van der Waals surface area contributed by atoms with E-state index in [0.717, 1.165) is 23.7 Å². The van der Waals surface area contributed by atoms with E-state index in [1.165, 1.54) is 65.4 Å². The Kier molecular flexibility index (Phi) is 14.4. The van der Waals surface area contributed by atoms with E-state index in [0.29, 0.717) is 36.2 Å². The van der Waals surface area contributed by atoms with E-state index in [1.807, 2.05) is 31.2 Å². The first-order valence-electron chi connectivity index (χ1n) is 14.6. The molecule has 8 nitrogen and oxygen atoms in total. The van der Waals surface area contributed by atoms with Crippen molar-refractivity contribution in [3.05, 3.63) is 35.4 Å². The Morgan fingerprint density at radius 2 is 1.69 bits per heavy atom. The molecule has 7 atom stereocenters. The number of aliphatic carboxylic acids is 1. The summed E-state index contributed by atoms with van der Waals surface area (Å²) in [6.45, 7) is 8.75. The summed E-state index contributed by atoms with van der Waals surface area (Å²) in [5, 5.41) is 29.1. The van der Waals surface area contributed by atoms with Crippen molar-refractivity contribution in [1.29, 1.82) is 0 Å². The number of benzene rings is 1. The van der Waals surface area contributed by atoms with E-state index in [1.54, 1.807) is 0 Å². The number of carboxylic acid groups (broad SMARTS) is 1. The molecule has 222 valence electrons. The number of amides is 1. The lowest BCUT2D eigenvalue weighted by atomic mass is 9.63. The van der Waals surface area contributed by atoms with Crippen molar-refractivity contribution >= 4 is 11.9 Å². The minimum absolute atomic E-state index is 0.0619. The number of aliphatic hydroxyl groups excluding tert-OH is 1. The van der Waals surface area contributed by atoms with E-state index in [9.17, 15) is 14.7 Å². The second-order valence-electron chi connectivity index (χ2n) is 11.7. The van der Waals surface area contributed by atoms with Gasteiger partial charge in [-0.25, -0.2) is 9.68 Å². The third-order valence-corrected chi connectivity index (χ3v) is 8.87. The predicted molar refractivity (Wildman–Crippen MR) is 151 cm³/mol. The summed E-state index contributed by atoms with van der Waals surface area (Å²) >= 11 is 0. The van der Waals surface area contributed by atoms with Gasteiger partial charge in [-0.05, 0) is 81.1 Å². The summed E-state index contributed by atoms with van der Waals surface area (Å²) in [7, 11) is 1.18. The van der Waals surface area contributed by atoms with Crippen molar-refractivity contribution < 1.29 is 34.7 Å². The van der Waals surface area contributed by atoms with Crippen molar-refractivity contribution in [3.8, 4) is 0 Å². The summed E-state index contributed by atoms with van der Waals surface area (Å²) in [6, 6.07) is 6.71. The van der Waals surface area contributed by atoms with Gasteiger partial charge in [0.05, 0.1) is 25.9 Å². The van der Waals surface area contributed by atoms with Gasteiger partial charge < -0.3 is 20.3 Å². The molecule has 0 bridgehead atoms. The highest BCUT2D eigenvalue weighted by atomic mass is 17.1. The molecular weight excluding hydrogens is 498 g/mol. The number of hydrogen-bond donors (Lipinski definition) is 4. The lowest BCUT2D eigenvalue weighted by molar-refractivity contribution is -0.214. The average molecular weight is 550 g/mol. The van der Waals surface area contributed by atoms with Crippen LogP contribution in [0.3, 0.4) is 0 Å². The Morgan fingerprint density at radius 3 is 2.23 bits per heavy atom. The van der Waals surface area contributed by atoms with Gasteiger partial charge in [-0.2, -0.15) is 0 Å². The molecule has 2 saturated carbocycles. The van der Waals surface area contributed by atoms with Gasteiger partial charge in [0.15, 0.2) is 0 Å². The fraction of sp³-hybridized carbons (Fsp3) is 0.742. The molecule has 1 saturated heterocycles. The van der Waals surface area contributed by atoms with Crippen LogP contribution in [0.4, 0.5) is 0 Å². The summed E-state index contributed by atoms with van der Waals surface area (Å²) in [6.07, 6.45) is 11.1. The van der Waals surface area contributed by atoms with Gasteiger partial charge in [-0.1, -0.05) is 56.0 Å². The molecule has 3 unspecified atom stereocenters. The third-order valence-electron chi connectivity index (χ3n) is 8.87. The zero-order chi connectivity index (χ0) is 28.9. The third kappa shape index (κ3) is 10.8. The Labute approximate surface area is 234 Å². The van der Waals surface area contributed by atoms with Crippen LogP contribution < -0.4 is 5.32 Å². The summed E-state index contributed by atoms with van der Waals surface area (Å²) in [5.41, 5.74) is 2.02. The molecule has 0 aromatic heterocycles. The van der Waals surface area contributed by atoms with Gasteiger partial charge in [-0.15, -0.1) is 0 Å². The number of rotatable bonds is 7. The van der Waals surface area contributed by atoms with Gasteiger partial charge in [0.1, 0.15) is 6.04 Å². The maximum atomic E-state index is 10.9. The number of hydrogen-bond acceptors (Lipinski definition) is 6. The van der Waals surface area contributed by atoms with E-state index in [2.05, 4.69) is 24.1 Å². The van der Waals surface area contributed by atoms with Crippen LogP contribution in [0.25, 0.3) is 0 Å². The molecule has 4 N–H and O–H groups in total. The Hall–Kier alpha value is -2.00. The molecule has 39 heavy (non-hydrogen) atoms. The second kappa shape index (κ2) is 17.0. The Bertz CT molecular complexity index is 857. The zero-order valence-corrected chi connectivity index (χ0v) is 24.5. The first-order valence-corrected chi connectivity index (χ1v) is 14.6. The first kappa shape index (κ1) is 33.2. The molecule has 8 heteroatoms. The van der Waals surface area contributed by atoms with Gasteiger partial charge in [-0.3, -0.25) is 10.1 Å². The number of carbonyl (C=O) groups is 2. The number of aliphatic hydroxyl groups is 1. The molecule has 3 fully saturated rings. The summed E-state index contributed by atoms with van der Waals surface area (Å²) in [4.78, 5) is 25.0. The molecule has 0 spiro atoms. The Morgan fingerprint density at radius 1 is 1.08 bits per heavy atom. The summed E-state index contributed by atoms with van der Waals surface area (Å²) in [5.74, 6) is 1.96. The maximum Gasteiger partial charge on any atom is 0.326 e. The zero-order valence-electron chi connectivity index (χ0n) is 24.5. The molecule has 3 aliphatic rings. The molecule has 0 radical (unpaired) electrons. The fourth-order valence-electron chi connectivity index (χ4n) is 6.34. The summed E-state index contributed by atoms with van der Waals surface area (Å²) < 4.78 is 6.05. The molecule has 1 aliphatic heterocycles. The highest BCUT2D eigenvalue weighted by Gasteiger charge is 2.42. The number of carboxylic acids is 1. The van der Waals surface area contributed by atoms with Crippen LogP contribution in [0.5, 0.6) is 0 Å². The van der Waals surface area contributed by atoms with Crippen LogP contribution in [0.1, 0.15) is 83.3 Å². The number of ether oxygens (including phenoxy) is 1. The van der Waals surface area contributed by atoms with Gasteiger partial charge >= 0.3 is 5.97 Å². The van der Waals surface area contributed by atoms with E-state index in [4.69, 9.17) is 15.1 Å². The van der Waals surface area contributed by atoms with Crippen LogP contribution in [0.2, 0.25) is 0 Å². The molecule has 1 heterocycles. The minimum atomic E-state index is -1.02. The number of fused-ring (bicyclic) bond motifs is 1. The van der Waals surface area contributed by atoms with Gasteiger partial charge in [0.2, 0.25) is 5.91 Å². The predicted octanol–water partition coefficient (Wildman–Crippen LogP) is 5.25. The van der Waals surface area contributed by atoms with Crippen LogP contribution in [-0.4, -0.2) is 59.3 Å². The lowest BCUT2D eigenvalue weighted by Crippen LogP contribution is -2.42. The molecule has 2 aliphatic carbocycles. The topological polar surface area (TPSA) is 125 Å².